The van der Waals surface area contributed by atoms with E-state index in [1.165, 1.54) is 12.1 Å². The number of hydrogen-bond acceptors (Lipinski definition) is 8. The predicted octanol–water partition coefficient (Wildman–Crippen LogP) is 3.86. The summed E-state index contributed by atoms with van der Waals surface area (Å²) in [6.45, 7) is 1.91. The molecule has 0 aromatic heterocycles. The molecule has 11 heteroatoms. The number of nitro groups is 1. The Morgan fingerprint density at radius 3 is 2.56 bits per heavy atom. The van der Waals surface area contributed by atoms with Crippen LogP contribution in [-0.2, 0) is 16.2 Å². The van der Waals surface area contributed by atoms with Crippen molar-refractivity contribution < 1.29 is 29.1 Å². The van der Waals surface area contributed by atoms with Crippen molar-refractivity contribution in [2.45, 2.75) is 13.5 Å². The Balaban J connectivity index is 1.76. The normalized spacial score (nSPS) is 14.7. The van der Waals surface area contributed by atoms with Gasteiger partial charge in [0.15, 0.2) is 11.5 Å². The van der Waals surface area contributed by atoms with E-state index in [9.17, 15) is 19.7 Å². The maximum Gasteiger partial charge on any atom is 0.323 e. The monoisotopic (exact) mass is 474 g/mol. The summed E-state index contributed by atoms with van der Waals surface area (Å²) in [5.74, 6) is -0.667. The van der Waals surface area contributed by atoms with Gasteiger partial charge in [-0.1, -0.05) is 30.0 Å². The van der Waals surface area contributed by atoms with Gasteiger partial charge in [0.1, 0.15) is 17.5 Å². The number of thiocarbonyl (C=S) groups is 1. The fourth-order valence-corrected chi connectivity index (χ4v) is 4.05. The SMILES string of the molecule is CCOc1cc(C=C2SC(=S)N(CC(=O)O)C2=O)ccc1OCc1ccc([N+](=O)[O-])cc1. The minimum absolute atomic E-state index is 0.00174. The average molecular weight is 475 g/mol. The van der Waals surface area contributed by atoms with Gasteiger partial charge < -0.3 is 14.6 Å². The molecule has 1 aliphatic heterocycles. The molecule has 1 fully saturated rings. The van der Waals surface area contributed by atoms with E-state index in [1.54, 1.807) is 36.4 Å². The largest absolute Gasteiger partial charge is 0.490 e. The van der Waals surface area contributed by atoms with Gasteiger partial charge in [0.05, 0.1) is 16.4 Å². The van der Waals surface area contributed by atoms with Gasteiger partial charge in [-0.3, -0.25) is 24.6 Å². The molecule has 32 heavy (non-hydrogen) atoms. The molecular formula is C21H18N2O7S2. The van der Waals surface area contributed by atoms with E-state index in [2.05, 4.69) is 0 Å². The number of carbonyl (C=O) groups is 2. The molecule has 0 bridgehead atoms. The summed E-state index contributed by atoms with van der Waals surface area (Å²) in [6.07, 6.45) is 1.61. The Labute approximate surface area is 192 Å². The quantitative estimate of drug-likeness (QED) is 0.250. The fourth-order valence-electron chi connectivity index (χ4n) is 2.80. The molecule has 2 aromatic rings. The second-order valence-electron chi connectivity index (χ2n) is 6.51. The van der Waals surface area contributed by atoms with Gasteiger partial charge >= 0.3 is 5.97 Å². The highest BCUT2D eigenvalue weighted by Gasteiger charge is 2.33. The lowest BCUT2D eigenvalue weighted by Crippen LogP contribution is -2.33. The van der Waals surface area contributed by atoms with E-state index in [1.807, 2.05) is 6.92 Å². The van der Waals surface area contributed by atoms with Crippen molar-refractivity contribution in [3.63, 3.8) is 0 Å². The molecule has 1 saturated heterocycles. The zero-order chi connectivity index (χ0) is 23.3. The third-order valence-corrected chi connectivity index (χ3v) is 5.65. The molecular weight excluding hydrogens is 456 g/mol. The van der Waals surface area contributed by atoms with Crippen LogP contribution in [0, 0.1) is 10.1 Å². The summed E-state index contributed by atoms with van der Waals surface area (Å²) < 4.78 is 11.7. The first-order chi connectivity index (χ1) is 15.3. The third-order valence-electron chi connectivity index (χ3n) is 4.27. The number of carbonyl (C=O) groups excluding carboxylic acids is 1. The van der Waals surface area contributed by atoms with Crippen molar-refractivity contribution in [2.24, 2.45) is 0 Å². The zero-order valence-electron chi connectivity index (χ0n) is 16.8. The molecule has 1 amide bonds. The summed E-state index contributed by atoms with van der Waals surface area (Å²) in [4.78, 5) is 35.0. The highest BCUT2D eigenvalue weighted by atomic mass is 32.2. The lowest BCUT2D eigenvalue weighted by atomic mass is 10.1. The van der Waals surface area contributed by atoms with Crippen molar-refractivity contribution in [3.05, 3.63) is 68.6 Å². The molecule has 166 valence electrons. The molecule has 3 rings (SSSR count). The summed E-state index contributed by atoms with van der Waals surface area (Å²) in [6, 6.07) is 11.2. The van der Waals surface area contributed by atoms with Crippen LogP contribution in [0.5, 0.6) is 11.5 Å². The predicted molar refractivity (Wildman–Crippen MR) is 123 cm³/mol. The Hall–Kier alpha value is -3.44. The van der Waals surface area contributed by atoms with Crippen LogP contribution in [0.4, 0.5) is 5.69 Å². The molecule has 0 aliphatic carbocycles. The van der Waals surface area contributed by atoms with E-state index >= 15 is 0 Å². The summed E-state index contributed by atoms with van der Waals surface area (Å²) >= 11 is 6.14. The molecule has 9 nitrogen and oxygen atoms in total. The number of carboxylic acids is 1. The first-order valence-corrected chi connectivity index (χ1v) is 10.6. The fraction of sp³-hybridized carbons (Fsp3) is 0.190. The van der Waals surface area contributed by atoms with Gasteiger partial charge in [-0.15, -0.1) is 0 Å². The average Bonchev–Trinajstić information content (AvgIpc) is 3.00. The van der Waals surface area contributed by atoms with Gasteiger partial charge in [-0.05, 0) is 48.4 Å². The number of aliphatic carboxylic acids is 1. The number of hydrogen-bond donors (Lipinski definition) is 1. The molecule has 0 spiro atoms. The van der Waals surface area contributed by atoms with Crippen molar-refractivity contribution >= 4 is 51.9 Å². The van der Waals surface area contributed by atoms with Crippen LogP contribution in [0.3, 0.4) is 0 Å². The lowest BCUT2D eigenvalue weighted by Gasteiger charge is -2.13. The van der Waals surface area contributed by atoms with Gasteiger partial charge in [0, 0.05) is 12.1 Å². The van der Waals surface area contributed by atoms with Crippen LogP contribution in [0.2, 0.25) is 0 Å². The molecule has 1 heterocycles. The highest BCUT2D eigenvalue weighted by molar-refractivity contribution is 8.26. The Kier molecular flexibility index (Phi) is 7.44. The minimum atomic E-state index is -1.14. The van der Waals surface area contributed by atoms with Crippen molar-refractivity contribution in [2.75, 3.05) is 13.2 Å². The first kappa shape index (κ1) is 23.2. The summed E-state index contributed by atoms with van der Waals surface area (Å²) in [5, 5.41) is 19.7. The number of carboxylic acid groups (broad SMARTS) is 1. The van der Waals surface area contributed by atoms with Crippen LogP contribution in [0.25, 0.3) is 6.08 Å². The van der Waals surface area contributed by atoms with Gasteiger partial charge in [0.25, 0.3) is 11.6 Å². The van der Waals surface area contributed by atoms with Gasteiger partial charge in [-0.2, -0.15) is 0 Å². The number of ether oxygens (including phenoxy) is 2. The second kappa shape index (κ2) is 10.2. The number of benzene rings is 2. The Morgan fingerprint density at radius 1 is 1.22 bits per heavy atom. The molecule has 0 unspecified atom stereocenters. The van der Waals surface area contributed by atoms with E-state index in [-0.39, 0.29) is 16.6 Å². The number of thioether (sulfide) groups is 1. The number of rotatable bonds is 9. The first-order valence-electron chi connectivity index (χ1n) is 9.38. The van der Waals surface area contributed by atoms with Crippen LogP contribution >= 0.6 is 24.0 Å². The van der Waals surface area contributed by atoms with Crippen molar-refractivity contribution in [3.8, 4) is 11.5 Å². The van der Waals surface area contributed by atoms with Gasteiger partial charge in [0.2, 0.25) is 0 Å². The van der Waals surface area contributed by atoms with Crippen LogP contribution in [0.1, 0.15) is 18.1 Å². The van der Waals surface area contributed by atoms with Crippen molar-refractivity contribution in [1.82, 2.24) is 4.90 Å². The van der Waals surface area contributed by atoms with Crippen LogP contribution < -0.4 is 9.47 Å². The highest BCUT2D eigenvalue weighted by Crippen LogP contribution is 2.35. The number of nitro benzene ring substituents is 1. The van der Waals surface area contributed by atoms with E-state index < -0.39 is 23.3 Å². The third kappa shape index (κ3) is 5.62. The standard InChI is InChI=1S/C21H18N2O7S2/c1-2-29-17-9-14(10-18-20(26)22(11-19(24)25)21(31)32-18)5-8-16(17)30-12-13-3-6-15(7-4-13)23(27)28/h3-10H,2,11-12H2,1H3,(H,24,25). The molecule has 0 atom stereocenters. The molecule has 1 N–H and O–H groups in total. The smallest absolute Gasteiger partial charge is 0.323 e. The number of nitrogens with zero attached hydrogens (tertiary/aromatic N) is 2. The Morgan fingerprint density at radius 2 is 1.94 bits per heavy atom. The summed E-state index contributed by atoms with van der Waals surface area (Å²) in [7, 11) is 0. The van der Waals surface area contributed by atoms with Crippen LogP contribution in [-0.4, -0.2) is 44.3 Å². The van der Waals surface area contributed by atoms with E-state index in [0.29, 0.717) is 28.6 Å². The zero-order valence-corrected chi connectivity index (χ0v) is 18.5. The molecule has 0 saturated carbocycles. The minimum Gasteiger partial charge on any atom is -0.490 e. The van der Waals surface area contributed by atoms with Crippen molar-refractivity contribution in [1.29, 1.82) is 0 Å². The maximum absolute atomic E-state index is 12.4. The number of non-ortho nitro benzene ring substituents is 1. The Bertz CT molecular complexity index is 1100. The molecule has 2 aromatic carbocycles. The molecule has 1 aliphatic rings. The van der Waals surface area contributed by atoms with Crippen LogP contribution in [0.15, 0.2) is 47.4 Å². The molecule has 0 radical (unpaired) electrons. The lowest BCUT2D eigenvalue weighted by molar-refractivity contribution is -0.384. The number of amides is 1. The van der Waals surface area contributed by atoms with E-state index in [4.69, 9.17) is 26.8 Å². The summed E-state index contributed by atoms with van der Waals surface area (Å²) in [5.41, 5.74) is 1.41. The van der Waals surface area contributed by atoms with Gasteiger partial charge in [-0.25, -0.2) is 0 Å². The van der Waals surface area contributed by atoms with E-state index in [0.717, 1.165) is 22.2 Å². The maximum atomic E-state index is 12.4. The topological polar surface area (TPSA) is 119 Å². The second-order valence-corrected chi connectivity index (χ2v) is 8.19.